The minimum Gasteiger partial charge on any atom is -0.507 e. The predicted octanol–water partition coefficient (Wildman–Crippen LogP) is 12.0. The van der Waals surface area contributed by atoms with E-state index in [1.807, 2.05) is 14.1 Å². The molecule has 6 aromatic rings. The smallest absolute Gasteiger partial charge is 0.507 e. The number of nitrogens with zero attached hydrogens (tertiary/aromatic N) is 2. The second-order valence-electron chi connectivity index (χ2n) is 28.0. The number of phenolic OH excluding ortho intramolecular Hbond substituents is 2. The minimum atomic E-state index is -1.20. The highest BCUT2D eigenvalue weighted by Gasteiger charge is 2.42. The summed E-state index contributed by atoms with van der Waals surface area (Å²) in [6, 6.07) is 18.7. The van der Waals surface area contributed by atoms with Crippen LogP contribution < -0.4 is 41.6 Å². The molecule has 96 heavy (non-hydrogen) atoms. The summed E-state index contributed by atoms with van der Waals surface area (Å²) in [6.45, 7) is 20.8. The Morgan fingerprint density at radius 2 is 0.927 bits per heavy atom. The fraction of sp³-hybridized carbons (Fsp3) is 0.507. The van der Waals surface area contributed by atoms with Crippen molar-refractivity contribution < 1.29 is 71.4 Å². The van der Waals surface area contributed by atoms with Gasteiger partial charge in [0.15, 0.2) is 22.4 Å². The molecule has 2 aliphatic rings. The molecule has 4 heterocycles. The highest BCUT2D eigenvalue weighted by atomic mass is 35.5. The van der Waals surface area contributed by atoms with E-state index in [1.54, 1.807) is 118 Å². The van der Waals surface area contributed by atoms with E-state index < -0.39 is 75.4 Å². The molecule has 0 saturated carbocycles. The number of hydrogen-bond acceptors (Lipinski definition) is 21. The van der Waals surface area contributed by atoms with E-state index in [2.05, 4.69) is 31.1 Å². The summed E-state index contributed by atoms with van der Waals surface area (Å²) in [5.74, 6) is -3.38. The second-order valence-corrected chi connectivity index (χ2v) is 28.8. The highest BCUT2D eigenvalue weighted by Crippen LogP contribution is 2.50. The number of nitrogens with one attached hydrogen (secondary N) is 4. The van der Waals surface area contributed by atoms with Crippen molar-refractivity contribution >= 4 is 75.4 Å². The molecule has 2 saturated heterocycles. The summed E-state index contributed by atoms with van der Waals surface area (Å²) >= 11 is 13.3. The molecule has 6 N–H and O–H groups in total. The summed E-state index contributed by atoms with van der Waals surface area (Å²) in [5.41, 5.74) is -3.39. The topological polar surface area (TPSA) is 296 Å². The first-order valence-electron chi connectivity index (χ1n) is 32.4. The van der Waals surface area contributed by atoms with Gasteiger partial charge in [-0.25, -0.2) is 14.4 Å². The molecule has 8 rings (SSSR count). The van der Waals surface area contributed by atoms with E-state index in [1.165, 1.54) is 24.3 Å². The molecule has 4 aromatic carbocycles. The average Bonchev–Trinajstić information content (AvgIpc) is 0.751. The third-order valence-electron chi connectivity index (χ3n) is 16.5. The van der Waals surface area contributed by atoms with Crippen LogP contribution in [0.1, 0.15) is 131 Å². The molecule has 4 atom stereocenters. The van der Waals surface area contributed by atoms with Crippen LogP contribution in [0.3, 0.4) is 0 Å². The maximum atomic E-state index is 14.4. The van der Waals surface area contributed by atoms with Crippen molar-refractivity contribution in [3.8, 4) is 45.6 Å². The molecular weight excluding hydrogens is 1280 g/mol. The molecule has 4 unspecified atom stereocenters. The minimum absolute atomic E-state index is 0.00958. The maximum Gasteiger partial charge on any atom is 0.509 e. The molecule has 25 heteroatoms. The van der Waals surface area contributed by atoms with Crippen LogP contribution in [-0.4, -0.2) is 152 Å². The summed E-state index contributed by atoms with van der Waals surface area (Å²) < 4.78 is 47.9. The van der Waals surface area contributed by atoms with Crippen molar-refractivity contribution in [2.75, 3.05) is 79.5 Å². The number of carbonyl (C=O) groups excluding carboxylic acids is 5. The summed E-state index contributed by atoms with van der Waals surface area (Å²) in [7, 11) is 3.92. The lowest BCUT2D eigenvalue weighted by atomic mass is 9.75. The molecule has 2 aliphatic heterocycles. The van der Waals surface area contributed by atoms with Crippen LogP contribution in [0.25, 0.3) is 44.6 Å². The molecule has 0 aliphatic carbocycles. The van der Waals surface area contributed by atoms with Crippen LogP contribution in [0.4, 0.5) is 14.4 Å². The molecule has 23 nitrogen and oxygen atoms in total. The maximum absolute atomic E-state index is 14.4. The van der Waals surface area contributed by atoms with Gasteiger partial charge in [-0.1, -0.05) is 47.5 Å². The van der Waals surface area contributed by atoms with Crippen LogP contribution in [0.15, 0.2) is 91.2 Å². The van der Waals surface area contributed by atoms with E-state index in [0.717, 1.165) is 0 Å². The Hall–Kier alpha value is -7.93. The van der Waals surface area contributed by atoms with Crippen LogP contribution in [-0.2, 0) is 28.5 Å². The van der Waals surface area contributed by atoms with Crippen molar-refractivity contribution in [2.24, 2.45) is 11.8 Å². The Balaban J connectivity index is 1.00. The van der Waals surface area contributed by atoms with Gasteiger partial charge in [-0.3, -0.25) is 19.2 Å². The van der Waals surface area contributed by atoms with Crippen LogP contribution in [0, 0.1) is 11.8 Å². The quantitative estimate of drug-likeness (QED) is 0.0186. The van der Waals surface area contributed by atoms with Crippen LogP contribution >= 0.6 is 23.2 Å². The highest BCUT2D eigenvalue weighted by molar-refractivity contribution is 6.33. The number of rotatable bonds is 24. The number of halogens is 2. The van der Waals surface area contributed by atoms with Gasteiger partial charge in [-0.05, 0) is 196 Å². The van der Waals surface area contributed by atoms with Gasteiger partial charge in [0.25, 0.3) is 0 Å². The molecule has 0 bridgehead atoms. The SMILES string of the molecule is CN1CCC(c2c(O)cc(OC(=O)NCCCNCC(=O)OC(C)(C)C)c3c(=O)cc(-c4ccccc4Cl)oc23)C(CC(C)(C)OC(=O)OC(C)(C)CC2CN(C)CCC2c2c(O)cc(OC(=O)NCCCNCC(=O)OC(C)(C)C)c3c(=O)cc(-c4ccccc4Cl)oc23)C1. The first-order valence-corrected chi connectivity index (χ1v) is 33.1. The van der Waals surface area contributed by atoms with Gasteiger partial charge >= 0.3 is 30.3 Å². The van der Waals surface area contributed by atoms with Gasteiger partial charge in [0, 0.05) is 72.7 Å². The molecule has 2 fully saturated rings. The van der Waals surface area contributed by atoms with Crippen molar-refractivity contribution in [3.05, 3.63) is 114 Å². The van der Waals surface area contributed by atoms with Crippen molar-refractivity contribution in [1.29, 1.82) is 0 Å². The number of phenols is 2. The van der Waals surface area contributed by atoms with E-state index in [-0.39, 0.29) is 107 Å². The zero-order valence-electron chi connectivity index (χ0n) is 56.7. The number of benzene rings is 4. The van der Waals surface area contributed by atoms with E-state index >= 15 is 0 Å². The Bertz CT molecular complexity index is 3680. The zero-order chi connectivity index (χ0) is 70.0. The van der Waals surface area contributed by atoms with E-state index in [4.69, 9.17) is 60.5 Å². The predicted molar refractivity (Wildman–Crippen MR) is 366 cm³/mol. The van der Waals surface area contributed by atoms with Gasteiger partial charge in [-0.2, -0.15) is 0 Å². The molecule has 520 valence electrons. The van der Waals surface area contributed by atoms with Gasteiger partial charge in [0.2, 0.25) is 0 Å². The lowest BCUT2D eigenvalue weighted by Crippen LogP contribution is -2.44. The number of amides is 2. The number of fused-ring (bicyclic) bond motifs is 2. The van der Waals surface area contributed by atoms with Gasteiger partial charge < -0.3 is 78.5 Å². The summed E-state index contributed by atoms with van der Waals surface area (Å²) in [6.07, 6.45) is -0.501. The molecule has 2 aromatic heterocycles. The largest absolute Gasteiger partial charge is 0.509 e. The molecule has 0 spiro atoms. The van der Waals surface area contributed by atoms with Crippen molar-refractivity contribution in [2.45, 2.75) is 142 Å². The van der Waals surface area contributed by atoms with Gasteiger partial charge in [0.1, 0.15) is 67.4 Å². The van der Waals surface area contributed by atoms with Gasteiger partial charge in [0.05, 0.1) is 23.1 Å². The number of ether oxygens (including phenoxy) is 6. The fourth-order valence-corrected chi connectivity index (χ4v) is 13.2. The number of carbonyl (C=O) groups is 5. The standard InChI is InChI=1S/C71H90Cl2N6O17/c1-68(2,3)93-57(84)37-74-25-17-27-76-65(86)91-55-33-49(80)59(63-61(55)51(82)31-53(89-63)45-19-13-15-21-47(45)72)43-23-29-78(11)39-41(43)35-70(7,8)95-67(88)96-71(9,10)36-42-40-79(12)30-24-44(42)60-50(81)34-56(92-66(87)77-28-18-26-75-38-58(85)94-69(4,5)6)62-52(83)32-54(90-64(60)62)46-20-14-16-22-48(46)73/h13-16,19-22,31-34,41-44,74-75,80-81H,17-18,23-30,35-40H2,1-12H3,(H,76,86)(H,77,87). The average molecular weight is 1370 g/mol. The Morgan fingerprint density at radius 3 is 1.29 bits per heavy atom. The third-order valence-corrected chi connectivity index (χ3v) is 17.1. The fourth-order valence-electron chi connectivity index (χ4n) is 12.7. The number of likely N-dealkylation sites (tertiary alicyclic amines) is 2. The van der Waals surface area contributed by atoms with Crippen LogP contribution in [0.2, 0.25) is 10.0 Å². The molecule has 0 radical (unpaired) electrons. The first kappa shape index (κ1) is 73.9. The number of esters is 2. The lowest BCUT2D eigenvalue weighted by molar-refractivity contribution is -0.154. The van der Waals surface area contributed by atoms with Crippen LogP contribution in [0.5, 0.6) is 23.0 Å². The number of aromatic hydroxyl groups is 2. The lowest BCUT2D eigenvalue weighted by Gasteiger charge is -2.42. The molecule has 2 amide bonds. The van der Waals surface area contributed by atoms with Crippen molar-refractivity contribution in [3.63, 3.8) is 0 Å². The van der Waals surface area contributed by atoms with Gasteiger partial charge in [-0.15, -0.1) is 0 Å². The Labute approximate surface area is 568 Å². The zero-order valence-corrected chi connectivity index (χ0v) is 58.2. The Kier molecular flexibility index (Phi) is 24.2. The summed E-state index contributed by atoms with van der Waals surface area (Å²) in [4.78, 5) is 98.4. The molecular formula is C71H90Cl2N6O17. The normalized spacial score (nSPS) is 17.4. The second kappa shape index (κ2) is 31.5. The number of hydrogen-bond donors (Lipinski definition) is 6. The van der Waals surface area contributed by atoms with Crippen molar-refractivity contribution in [1.82, 2.24) is 31.1 Å². The van der Waals surface area contributed by atoms with E-state index in [9.17, 15) is 43.8 Å². The third kappa shape index (κ3) is 20.1. The summed E-state index contributed by atoms with van der Waals surface area (Å²) in [5, 5.41) is 36.1. The Morgan fingerprint density at radius 1 is 0.552 bits per heavy atom. The number of piperidine rings is 2. The monoisotopic (exact) mass is 1370 g/mol. The van der Waals surface area contributed by atoms with E-state index in [0.29, 0.717) is 97.3 Å². The first-order chi connectivity index (χ1) is 45.1.